The van der Waals surface area contributed by atoms with Crippen molar-refractivity contribution in [2.45, 2.75) is 26.5 Å². The Morgan fingerprint density at radius 3 is 3.06 bits per heavy atom. The van der Waals surface area contributed by atoms with Crippen molar-refractivity contribution in [3.05, 3.63) is 23.7 Å². The number of carbonyl (C=O) groups is 1. The Morgan fingerprint density at radius 1 is 1.69 bits per heavy atom. The van der Waals surface area contributed by atoms with Crippen LogP contribution in [0, 0.1) is 0 Å². The van der Waals surface area contributed by atoms with Crippen LogP contribution in [0.3, 0.4) is 0 Å². The summed E-state index contributed by atoms with van der Waals surface area (Å²) in [5, 5.41) is 11.9. The largest absolute Gasteiger partial charge is 0.478 e. The summed E-state index contributed by atoms with van der Waals surface area (Å²) in [6, 6.07) is 1.45. The summed E-state index contributed by atoms with van der Waals surface area (Å²) in [4.78, 5) is 10.8. The maximum atomic E-state index is 10.8. The van der Waals surface area contributed by atoms with Gasteiger partial charge in [0.15, 0.2) is 0 Å². The third-order valence-corrected chi connectivity index (χ3v) is 2.14. The number of carboxylic acid groups (broad SMARTS) is 1. The minimum atomic E-state index is -0.969. The van der Waals surface area contributed by atoms with Gasteiger partial charge in [-0.05, 0) is 19.9 Å². The first kappa shape index (κ1) is 12.7. The molecule has 1 aromatic heterocycles. The Bertz CT molecular complexity index is 334. The van der Waals surface area contributed by atoms with Gasteiger partial charge in [-0.2, -0.15) is 0 Å². The van der Waals surface area contributed by atoms with Crippen molar-refractivity contribution in [1.29, 1.82) is 0 Å². The molecule has 5 nitrogen and oxygen atoms in total. The second-order valence-corrected chi connectivity index (χ2v) is 3.46. The molecule has 0 aliphatic carbocycles. The van der Waals surface area contributed by atoms with Crippen LogP contribution in [0.25, 0.3) is 0 Å². The second-order valence-electron chi connectivity index (χ2n) is 3.46. The number of ether oxygens (including phenoxy) is 1. The molecule has 1 heterocycles. The monoisotopic (exact) mass is 227 g/mol. The van der Waals surface area contributed by atoms with Crippen molar-refractivity contribution < 1.29 is 19.1 Å². The molecule has 1 atom stereocenters. The van der Waals surface area contributed by atoms with Crippen LogP contribution in [0.1, 0.15) is 30.0 Å². The molecular weight excluding hydrogens is 210 g/mol. The first-order chi connectivity index (χ1) is 7.65. The fraction of sp³-hybridized carbons (Fsp3) is 0.545. The molecule has 2 N–H and O–H groups in total. The fourth-order valence-corrected chi connectivity index (χ4v) is 1.40. The van der Waals surface area contributed by atoms with E-state index in [4.69, 9.17) is 14.3 Å². The molecule has 1 rings (SSSR count). The van der Waals surface area contributed by atoms with Crippen LogP contribution in [0.5, 0.6) is 0 Å². The number of rotatable bonds is 7. The van der Waals surface area contributed by atoms with Crippen molar-refractivity contribution in [1.82, 2.24) is 5.32 Å². The molecule has 0 bridgehead atoms. The predicted molar refractivity (Wildman–Crippen MR) is 58.5 cm³/mol. The van der Waals surface area contributed by atoms with E-state index >= 15 is 0 Å². The topological polar surface area (TPSA) is 71.7 Å². The molecule has 1 unspecified atom stereocenters. The molecule has 0 fully saturated rings. The number of nitrogens with one attached hydrogen (secondary N) is 1. The van der Waals surface area contributed by atoms with Gasteiger partial charge in [-0.25, -0.2) is 4.79 Å². The number of carboxylic acids is 1. The number of aromatic carboxylic acids is 1. The maximum absolute atomic E-state index is 10.8. The van der Waals surface area contributed by atoms with Gasteiger partial charge >= 0.3 is 5.97 Å². The molecule has 0 saturated carbocycles. The van der Waals surface area contributed by atoms with Gasteiger partial charge in [-0.3, -0.25) is 0 Å². The third-order valence-electron chi connectivity index (χ3n) is 2.14. The lowest BCUT2D eigenvalue weighted by atomic mass is 10.2. The van der Waals surface area contributed by atoms with Crippen LogP contribution < -0.4 is 5.32 Å². The van der Waals surface area contributed by atoms with Gasteiger partial charge in [-0.1, -0.05) is 0 Å². The average molecular weight is 227 g/mol. The molecule has 0 aliphatic heterocycles. The van der Waals surface area contributed by atoms with Crippen LogP contribution in [-0.4, -0.2) is 30.3 Å². The lowest BCUT2D eigenvalue weighted by Crippen LogP contribution is -2.26. The highest BCUT2D eigenvalue weighted by Crippen LogP contribution is 2.09. The molecule has 0 aliphatic rings. The highest BCUT2D eigenvalue weighted by atomic mass is 16.5. The van der Waals surface area contributed by atoms with E-state index in [2.05, 4.69) is 5.32 Å². The summed E-state index contributed by atoms with van der Waals surface area (Å²) in [7, 11) is 0. The van der Waals surface area contributed by atoms with Gasteiger partial charge < -0.3 is 19.6 Å². The molecule has 90 valence electrons. The van der Waals surface area contributed by atoms with Crippen molar-refractivity contribution >= 4 is 5.97 Å². The van der Waals surface area contributed by atoms with E-state index in [-0.39, 0.29) is 11.7 Å². The van der Waals surface area contributed by atoms with Gasteiger partial charge in [0.05, 0.1) is 18.9 Å². The highest BCUT2D eigenvalue weighted by Gasteiger charge is 2.12. The molecule has 0 spiro atoms. The molecule has 0 saturated heterocycles. The van der Waals surface area contributed by atoms with E-state index in [0.29, 0.717) is 25.5 Å². The minimum Gasteiger partial charge on any atom is -0.478 e. The van der Waals surface area contributed by atoms with Crippen molar-refractivity contribution in [3.8, 4) is 0 Å². The van der Waals surface area contributed by atoms with E-state index in [1.54, 1.807) is 0 Å². The summed E-state index contributed by atoms with van der Waals surface area (Å²) < 4.78 is 10.4. The SMILES string of the molecule is CCOC(C)CNCc1occc1C(=O)O. The first-order valence-electron chi connectivity index (χ1n) is 5.27. The fourth-order valence-electron chi connectivity index (χ4n) is 1.40. The van der Waals surface area contributed by atoms with Crippen LogP contribution in [0.4, 0.5) is 0 Å². The zero-order valence-corrected chi connectivity index (χ0v) is 9.53. The quantitative estimate of drug-likeness (QED) is 0.738. The Morgan fingerprint density at radius 2 is 2.44 bits per heavy atom. The summed E-state index contributed by atoms with van der Waals surface area (Å²) in [6.07, 6.45) is 1.49. The zero-order chi connectivity index (χ0) is 12.0. The Labute approximate surface area is 94.4 Å². The zero-order valence-electron chi connectivity index (χ0n) is 9.53. The number of furan rings is 1. The van der Waals surface area contributed by atoms with Gasteiger partial charge in [0.25, 0.3) is 0 Å². The average Bonchev–Trinajstić information content (AvgIpc) is 2.66. The Balaban J connectivity index is 2.37. The standard InChI is InChI=1S/C11H17NO4/c1-3-15-8(2)6-12-7-10-9(11(13)14)4-5-16-10/h4-5,8,12H,3,6-7H2,1-2H3,(H,13,14). The molecular formula is C11H17NO4. The Hall–Kier alpha value is -1.33. The molecule has 0 amide bonds. The van der Waals surface area contributed by atoms with Gasteiger partial charge in [0.2, 0.25) is 0 Å². The third kappa shape index (κ3) is 3.67. The van der Waals surface area contributed by atoms with Crippen LogP contribution >= 0.6 is 0 Å². The smallest absolute Gasteiger partial charge is 0.339 e. The Kier molecular flexibility index (Phi) is 5.01. The second kappa shape index (κ2) is 6.30. The van der Waals surface area contributed by atoms with Crippen LogP contribution in [0.15, 0.2) is 16.7 Å². The van der Waals surface area contributed by atoms with Gasteiger partial charge in [-0.15, -0.1) is 0 Å². The minimum absolute atomic E-state index is 0.105. The van der Waals surface area contributed by atoms with Crippen molar-refractivity contribution in [3.63, 3.8) is 0 Å². The van der Waals surface area contributed by atoms with Crippen molar-refractivity contribution in [2.75, 3.05) is 13.2 Å². The summed E-state index contributed by atoms with van der Waals surface area (Å²) in [6.45, 7) is 5.62. The van der Waals surface area contributed by atoms with E-state index < -0.39 is 5.97 Å². The van der Waals surface area contributed by atoms with Crippen LogP contribution in [-0.2, 0) is 11.3 Å². The number of hydrogen-bond acceptors (Lipinski definition) is 4. The molecule has 16 heavy (non-hydrogen) atoms. The van der Waals surface area contributed by atoms with Crippen LogP contribution in [0.2, 0.25) is 0 Å². The normalized spacial score (nSPS) is 12.6. The maximum Gasteiger partial charge on any atom is 0.339 e. The summed E-state index contributed by atoms with van der Waals surface area (Å²) in [5.74, 6) is -0.528. The van der Waals surface area contributed by atoms with Gasteiger partial charge in [0, 0.05) is 13.2 Å². The van der Waals surface area contributed by atoms with Gasteiger partial charge in [0.1, 0.15) is 11.3 Å². The molecule has 1 aromatic rings. The van der Waals surface area contributed by atoms with E-state index in [0.717, 1.165) is 0 Å². The summed E-state index contributed by atoms with van der Waals surface area (Å²) >= 11 is 0. The van der Waals surface area contributed by atoms with E-state index in [1.807, 2.05) is 13.8 Å². The number of hydrogen-bond donors (Lipinski definition) is 2. The lowest BCUT2D eigenvalue weighted by Gasteiger charge is -2.11. The van der Waals surface area contributed by atoms with E-state index in [1.165, 1.54) is 12.3 Å². The highest BCUT2D eigenvalue weighted by molar-refractivity contribution is 5.88. The van der Waals surface area contributed by atoms with Crippen molar-refractivity contribution in [2.24, 2.45) is 0 Å². The summed E-state index contributed by atoms with van der Waals surface area (Å²) in [5.41, 5.74) is 0.205. The molecule has 5 heteroatoms. The predicted octanol–water partition coefficient (Wildman–Crippen LogP) is 1.49. The van der Waals surface area contributed by atoms with E-state index in [9.17, 15) is 4.79 Å². The molecule has 0 aromatic carbocycles. The first-order valence-corrected chi connectivity index (χ1v) is 5.27. The molecule has 0 radical (unpaired) electrons. The lowest BCUT2D eigenvalue weighted by molar-refractivity contribution is 0.0693.